The van der Waals surface area contributed by atoms with Crippen LogP contribution in [0.2, 0.25) is 0 Å². The first-order valence-corrected chi connectivity index (χ1v) is 17.8. The van der Waals surface area contributed by atoms with Crippen molar-refractivity contribution in [1.29, 1.82) is 0 Å². The van der Waals surface area contributed by atoms with Crippen LogP contribution in [-0.2, 0) is 0 Å². The van der Waals surface area contributed by atoms with Gasteiger partial charge in [0, 0.05) is 21.7 Å². The third-order valence-electron chi connectivity index (χ3n) is 10.3. The second kappa shape index (κ2) is 12.5. The highest BCUT2D eigenvalue weighted by Crippen LogP contribution is 2.49. The molecular weight excluding hydrogens is 631 g/mol. The van der Waals surface area contributed by atoms with E-state index in [4.69, 9.17) is 4.42 Å². The summed E-state index contributed by atoms with van der Waals surface area (Å²) in [7, 11) is 0. The summed E-state index contributed by atoms with van der Waals surface area (Å²) in [5.41, 5.74) is 12.1. The molecule has 1 heterocycles. The van der Waals surface area contributed by atoms with Crippen LogP contribution in [0.5, 0.6) is 0 Å². The van der Waals surface area contributed by atoms with E-state index in [2.05, 4.69) is 205 Å². The SMILES string of the molecule is c1ccc(-c2ccccc2-c2cc3c(oc4cccc(N(c5ccccc5-c5ccccc5)c5cccc6ccccc56)c43)c3ccccc23)cc1. The maximum absolute atomic E-state index is 6.91. The van der Waals surface area contributed by atoms with Crippen LogP contribution in [0.25, 0.3) is 76.9 Å². The van der Waals surface area contributed by atoms with Crippen LogP contribution in [0.3, 0.4) is 0 Å². The van der Waals surface area contributed by atoms with Crippen LogP contribution in [0.4, 0.5) is 17.1 Å². The van der Waals surface area contributed by atoms with Gasteiger partial charge in [-0.15, -0.1) is 0 Å². The minimum absolute atomic E-state index is 0.855. The zero-order chi connectivity index (χ0) is 34.4. The van der Waals surface area contributed by atoms with Gasteiger partial charge in [-0.05, 0) is 68.9 Å². The molecule has 2 nitrogen and oxygen atoms in total. The lowest BCUT2D eigenvalue weighted by Crippen LogP contribution is -2.12. The number of anilines is 3. The summed E-state index contributed by atoms with van der Waals surface area (Å²) in [5, 5.41) is 6.81. The molecule has 10 aromatic rings. The Morgan fingerprint density at radius 1 is 0.327 bits per heavy atom. The molecule has 0 unspecified atom stereocenters. The smallest absolute Gasteiger partial charge is 0.143 e. The van der Waals surface area contributed by atoms with Gasteiger partial charge in [0.05, 0.1) is 22.4 Å². The number of fused-ring (bicyclic) bond motifs is 6. The van der Waals surface area contributed by atoms with Gasteiger partial charge in [-0.25, -0.2) is 0 Å². The molecule has 10 rings (SSSR count). The molecule has 0 aliphatic rings. The zero-order valence-electron chi connectivity index (χ0n) is 28.4. The average Bonchev–Trinajstić information content (AvgIpc) is 3.61. The Morgan fingerprint density at radius 3 is 1.65 bits per heavy atom. The third-order valence-corrected chi connectivity index (χ3v) is 10.3. The van der Waals surface area contributed by atoms with Crippen molar-refractivity contribution in [2.24, 2.45) is 0 Å². The molecule has 0 N–H and O–H groups in total. The van der Waals surface area contributed by atoms with Gasteiger partial charge >= 0.3 is 0 Å². The molecule has 0 bridgehead atoms. The molecule has 0 saturated heterocycles. The second-order valence-electron chi connectivity index (χ2n) is 13.2. The Kier molecular flexibility index (Phi) is 7.18. The molecule has 0 fully saturated rings. The second-order valence-corrected chi connectivity index (χ2v) is 13.2. The molecule has 244 valence electrons. The first kappa shape index (κ1) is 30.0. The van der Waals surface area contributed by atoms with E-state index in [1.54, 1.807) is 0 Å². The number of benzene rings is 9. The van der Waals surface area contributed by atoms with Crippen LogP contribution in [0.1, 0.15) is 0 Å². The molecule has 2 heteroatoms. The van der Waals surface area contributed by atoms with E-state index in [0.29, 0.717) is 0 Å². The molecule has 9 aromatic carbocycles. The molecule has 0 saturated carbocycles. The van der Waals surface area contributed by atoms with Crippen molar-refractivity contribution in [2.45, 2.75) is 0 Å². The summed E-state index contributed by atoms with van der Waals surface area (Å²) < 4.78 is 6.91. The quantitative estimate of drug-likeness (QED) is 0.176. The topological polar surface area (TPSA) is 16.4 Å². The fourth-order valence-corrected chi connectivity index (χ4v) is 7.95. The minimum Gasteiger partial charge on any atom is -0.455 e. The maximum atomic E-state index is 6.91. The predicted octanol–water partition coefficient (Wildman–Crippen LogP) is 14.4. The summed E-state index contributed by atoms with van der Waals surface area (Å²) >= 11 is 0. The van der Waals surface area contributed by atoms with Crippen molar-refractivity contribution in [3.63, 3.8) is 0 Å². The Bertz CT molecular complexity index is 2900. The molecule has 0 amide bonds. The first-order valence-electron chi connectivity index (χ1n) is 17.8. The average molecular weight is 664 g/mol. The predicted molar refractivity (Wildman–Crippen MR) is 220 cm³/mol. The Balaban J connectivity index is 1.32. The van der Waals surface area contributed by atoms with E-state index < -0.39 is 0 Å². The van der Waals surface area contributed by atoms with Crippen molar-refractivity contribution >= 4 is 60.5 Å². The van der Waals surface area contributed by atoms with Crippen LogP contribution < -0.4 is 4.90 Å². The van der Waals surface area contributed by atoms with E-state index in [0.717, 1.165) is 50.0 Å². The third kappa shape index (κ3) is 4.88. The van der Waals surface area contributed by atoms with Crippen LogP contribution in [0, 0.1) is 0 Å². The van der Waals surface area contributed by atoms with Crippen LogP contribution in [-0.4, -0.2) is 0 Å². The lowest BCUT2D eigenvalue weighted by molar-refractivity contribution is 0.672. The fourth-order valence-electron chi connectivity index (χ4n) is 7.95. The lowest BCUT2D eigenvalue weighted by Gasteiger charge is -2.29. The molecule has 52 heavy (non-hydrogen) atoms. The van der Waals surface area contributed by atoms with E-state index >= 15 is 0 Å². The number of hydrogen-bond donors (Lipinski definition) is 0. The van der Waals surface area contributed by atoms with Crippen molar-refractivity contribution in [3.8, 4) is 33.4 Å². The van der Waals surface area contributed by atoms with Gasteiger partial charge in [0.1, 0.15) is 11.2 Å². The number of nitrogens with zero attached hydrogens (tertiary/aromatic N) is 1. The van der Waals surface area contributed by atoms with Gasteiger partial charge in [-0.2, -0.15) is 0 Å². The first-order chi connectivity index (χ1) is 25.8. The summed E-state index contributed by atoms with van der Waals surface area (Å²) in [6, 6.07) is 71.6. The normalized spacial score (nSPS) is 11.5. The molecule has 0 spiro atoms. The van der Waals surface area contributed by atoms with Gasteiger partial charge in [0.2, 0.25) is 0 Å². The Hall–Kier alpha value is -6.90. The fraction of sp³-hybridized carbons (Fsp3) is 0. The van der Waals surface area contributed by atoms with E-state index in [1.807, 2.05) is 0 Å². The maximum Gasteiger partial charge on any atom is 0.143 e. The van der Waals surface area contributed by atoms with Crippen LogP contribution in [0.15, 0.2) is 205 Å². The monoisotopic (exact) mass is 663 g/mol. The summed E-state index contributed by atoms with van der Waals surface area (Å²) in [6.07, 6.45) is 0. The van der Waals surface area contributed by atoms with Crippen molar-refractivity contribution in [1.82, 2.24) is 0 Å². The summed E-state index contributed by atoms with van der Waals surface area (Å²) in [6.45, 7) is 0. The van der Waals surface area contributed by atoms with E-state index in [1.165, 1.54) is 44.0 Å². The number of para-hydroxylation sites is 1. The highest BCUT2D eigenvalue weighted by molar-refractivity contribution is 6.23. The Labute approximate surface area is 302 Å². The van der Waals surface area contributed by atoms with Gasteiger partial charge in [-0.3, -0.25) is 0 Å². The van der Waals surface area contributed by atoms with E-state index in [-0.39, 0.29) is 0 Å². The van der Waals surface area contributed by atoms with Gasteiger partial charge in [-0.1, -0.05) is 170 Å². The summed E-state index contributed by atoms with van der Waals surface area (Å²) in [4.78, 5) is 2.44. The Morgan fingerprint density at radius 2 is 0.865 bits per heavy atom. The molecular formula is C50H33NO. The van der Waals surface area contributed by atoms with Gasteiger partial charge in [0.15, 0.2) is 0 Å². The minimum atomic E-state index is 0.855. The molecule has 0 radical (unpaired) electrons. The number of furan rings is 1. The standard InChI is InChI=1S/C50H33NO/c1-3-17-34(18-4-1)37-23-9-10-26-40(37)43-33-44-49-47(31-16-32-48(49)52-50(44)42-28-12-11-27-41(42)43)51(46-30-15-22-36-21-7-8-24-39(36)46)45-29-14-13-25-38(45)35-19-5-2-6-20-35/h1-33H. The molecule has 1 aromatic heterocycles. The highest BCUT2D eigenvalue weighted by atomic mass is 16.3. The van der Waals surface area contributed by atoms with Gasteiger partial charge < -0.3 is 9.32 Å². The summed E-state index contributed by atoms with van der Waals surface area (Å²) in [5.74, 6) is 0. The molecule has 0 atom stereocenters. The number of rotatable bonds is 6. The largest absolute Gasteiger partial charge is 0.455 e. The van der Waals surface area contributed by atoms with Crippen molar-refractivity contribution < 1.29 is 4.42 Å². The lowest BCUT2D eigenvalue weighted by atomic mass is 9.90. The van der Waals surface area contributed by atoms with Gasteiger partial charge in [0.25, 0.3) is 0 Å². The molecule has 0 aliphatic heterocycles. The highest BCUT2D eigenvalue weighted by Gasteiger charge is 2.25. The van der Waals surface area contributed by atoms with Crippen molar-refractivity contribution in [3.05, 3.63) is 200 Å². The molecule has 0 aliphatic carbocycles. The number of hydrogen-bond acceptors (Lipinski definition) is 2. The van der Waals surface area contributed by atoms with E-state index in [9.17, 15) is 0 Å². The van der Waals surface area contributed by atoms with Crippen molar-refractivity contribution in [2.75, 3.05) is 4.90 Å². The van der Waals surface area contributed by atoms with Crippen LogP contribution >= 0.6 is 0 Å². The zero-order valence-corrected chi connectivity index (χ0v) is 28.4.